The van der Waals surface area contributed by atoms with Crippen LogP contribution in [0.1, 0.15) is 24.8 Å². The molecule has 2 aliphatic rings. The molecule has 2 aromatic rings. The molecule has 136 valence electrons. The summed E-state index contributed by atoms with van der Waals surface area (Å²) < 4.78 is 10.7. The molecule has 0 atom stereocenters. The molecular formula is C21H24N2O3. The topological polar surface area (TPSA) is 50.8 Å². The lowest BCUT2D eigenvalue weighted by molar-refractivity contribution is 0.174. The summed E-state index contributed by atoms with van der Waals surface area (Å²) in [7, 11) is 0. The minimum atomic E-state index is -0.0367. The average molecular weight is 352 g/mol. The Morgan fingerprint density at radius 1 is 1.04 bits per heavy atom. The summed E-state index contributed by atoms with van der Waals surface area (Å²) in [4.78, 5) is 14.4. The first-order chi connectivity index (χ1) is 12.8. The van der Waals surface area contributed by atoms with Gasteiger partial charge in [-0.15, -0.1) is 0 Å². The molecule has 0 bridgehead atoms. The van der Waals surface area contributed by atoms with Gasteiger partial charge in [0.25, 0.3) is 0 Å². The number of amides is 2. The van der Waals surface area contributed by atoms with Crippen LogP contribution in [0, 0.1) is 5.92 Å². The molecule has 1 N–H and O–H groups in total. The van der Waals surface area contributed by atoms with Crippen molar-refractivity contribution in [1.82, 2.24) is 4.90 Å². The molecular weight excluding hydrogens is 328 g/mol. The number of piperidine rings is 1. The van der Waals surface area contributed by atoms with Crippen LogP contribution in [-0.4, -0.2) is 30.8 Å². The Balaban J connectivity index is 1.24. The zero-order valence-corrected chi connectivity index (χ0v) is 14.8. The summed E-state index contributed by atoms with van der Waals surface area (Å²) in [5, 5.41) is 2.97. The van der Waals surface area contributed by atoms with Gasteiger partial charge in [-0.05, 0) is 49.3 Å². The molecule has 5 heteroatoms. The highest BCUT2D eigenvalue weighted by molar-refractivity contribution is 5.89. The molecule has 0 radical (unpaired) electrons. The lowest BCUT2D eigenvalue weighted by atomic mass is 9.90. The van der Waals surface area contributed by atoms with Crippen molar-refractivity contribution in [2.45, 2.75) is 25.7 Å². The second kappa shape index (κ2) is 7.68. The third-order valence-corrected chi connectivity index (χ3v) is 5.21. The van der Waals surface area contributed by atoms with Gasteiger partial charge in [0.15, 0.2) is 11.5 Å². The van der Waals surface area contributed by atoms with Crippen LogP contribution in [0.4, 0.5) is 10.5 Å². The maximum atomic E-state index is 12.5. The minimum Gasteiger partial charge on any atom is -0.454 e. The SMILES string of the molecule is O=C(Nc1ccc2c(c1)OCO2)N1CCC(CCc2ccccc2)CC1. The zero-order valence-electron chi connectivity index (χ0n) is 14.8. The lowest BCUT2D eigenvalue weighted by Crippen LogP contribution is -2.41. The number of fused-ring (bicyclic) bond motifs is 1. The standard InChI is InChI=1S/C21H24N2O3/c24-21(22-18-8-9-19-20(14-18)26-15-25-19)23-12-10-17(11-13-23)7-6-16-4-2-1-3-5-16/h1-5,8-9,14,17H,6-7,10-13,15H2,(H,22,24). The van der Waals surface area contributed by atoms with E-state index < -0.39 is 0 Å². The number of hydrogen-bond acceptors (Lipinski definition) is 3. The van der Waals surface area contributed by atoms with Gasteiger partial charge in [-0.2, -0.15) is 0 Å². The molecule has 2 aromatic carbocycles. The summed E-state index contributed by atoms with van der Waals surface area (Å²) in [5.74, 6) is 2.11. The molecule has 0 unspecified atom stereocenters. The number of rotatable bonds is 4. The Morgan fingerprint density at radius 3 is 2.62 bits per heavy atom. The van der Waals surface area contributed by atoms with Gasteiger partial charge >= 0.3 is 6.03 Å². The molecule has 4 rings (SSSR count). The molecule has 0 saturated carbocycles. The van der Waals surface area contributed by atoms with Crippen LogP contribution in [0.25, 0.3) is 0 Å². The second-order valence-corrected chi connectivity index (χ2v) is 6.95. The molecule has 0 aliphatic carbocycles. The van der Waals surface area contributed by atoms with Crippen molar-refractivity contribution >= 4 is 11.7 Å². The number of hydrogen-bond donors (Lipinski definition) is 1. The number of aryl methyl sites for hydroxylation is 1. The highest BCUT2D eigenvalue weighted by atomic mass is 16.7. The van der Waals surface area contributed by atoms with Gasteiger partial charge in [0, 0.05) is 24.8 Å². The molecule has 1 fully saturated rings. The van der Waals surface area contributed by atoms with Crippen LogP contribution in [0.5, 0.6) is 11.5 Å². The fraction of sp³-hybridized carbons (Fsp3) is 0.381. The molecule has 5 nitrogen and oxygen atoms in total. The fourth-order valence-corrected chi connectivity index (χ4v) is 3.62. The Labute approximate surface area is 153 Å². The molecule has 2 heterocycles. The zero-order chi connectivity index (χ0) is 17.8. The van der Waals surface area contributed by atoms with E-state index in [2.05, 4.69) is 35.6 Å². The van der Waals surface area contributed by atoms with Crippen LogP contribution in [0.3, 0.4) is 0 Å². The van der Waals surface area contributed by atoms with Crippen molar-refractivity contribution in [3.8, 4) is 11.5 Å². The first-order valence-electron chi connectivity index (χ1n) is 9.27. The van der Waals surface area contributed by atoms with Gasteiger partial charge < -0.3 is 19.7 Å². The highest BCUT2D eigenvalue weighted by Crippen LogP contribution is 2.34. The first kappa shape index (κ1) is 16.8. The number of nitrogens with zero attached hydrogens (tertiary/aromatic N) is 1. The maximum Gasteiger partial charge on any atom is 0.321 e. The fourth-order valence-electron chi connectivity index (χ4n) is 3.62. The molecule has 2 amide bonds. The van der Waals surface area contributed by atoms with E-state index >= 15 is 0 Å². The van der Waals surface area contributed by atoms with E-state index in [4.69, 9.17) is 9.47 Å². The molecule has 1 saturated heterocycles. The van der Waals surface area contributed by atoms with E-state index in [0.29, 0.717) is 11.7 Å². The molecule has 0 spiro atoms. The van der Waals surface area contributed by atoms with Crippen molar-refractivity contribution in [3.63, 3.8) is 0 Å². The molecule has 26 heavy (non-hydrogen) atoms. The summed E-state index contributed by atoms with van der Waals surface area (Å²) in [6.07, 6.45) is 4.46. The van der Waals surface area contributed by atoms with Crippen LogP contribution in [0.2, 0.25) is 0 Å². The Kier molecular flexibility index (Phi) is 4.95. The van der Waals surface area contributed by atoms with E-state index in [1.165, 1.54) is 12.0 Å². The lowest BCUT2D eigenvalue weighted by Gasteiger charge is -2.32. The summed E-state index contributed by atoms with van der Waals surface area (Å²) in [6.45, 7) is 1.87. The number of ether oxygens (including phenoxy) is 2. The molecule has 0 aromatic heterocycles. The van der Waals surface area contributed by atoms with Gasteiger partial charge in [0.1, 0.15) is 0 Å². The van der Waals surface area contributed by atoms with Crippen molar-refractivity contribution in [1.29, 1.82) is 0 Å². The van der Waals surface area contributed by atoms with E-state index in [-0.39, 0.29) is 12.8 Å². The minimum absolute atomic E-state index is 0.0367. The summed E-state index contributed by atoms with van der Waals surface area (Å²) in [5.41, 5.74) is 2.14. The van der Waals surface area contributed by atoms with Crippen molar-refractivity contribution in [3.05, 3.63) is 54.1 Å². The number of urea groups is 1. The van der Waals surface area contributed by atoms with Crippen molar-refractivity contribution in [2.24, 2.45) is 5.92 Å². The average Bonchev–Trinajstić information content (AvgIpc) is 3.15. The Hall–Kier alpha value is -2.69. The Morgan fingerprint density at radius 2 is 1.81 bits per heavy atom. The largest absolute Gasteiger partial charge is 0.454 e. The summed E-state index contributed by atoms with van der Waals surface area (Å²) in [6, 6.07) is 16.1. The van der Waals surface area contributed by atoms with E-state index in [1.54, 1.807) is 0 Å². The monoisotopic (exact) mass is 352 g/mol. The second-order valence-electron chi connectivity index (χ2n) is 6.95. The van der Waals surface area contributed by atoms with E-state index in [9.17, 15) is 4.79 Å². The number of anilines is 1. The number of nitrogens with one attached hydrogen (secondary N) is 1. The van der Waals surface area contributed by atoms with Gasteiger partial charge in [-0.3, -0.25) is 0 Å². The smallest absolute Gasteiger partial charge is 0.321 e. The number of carbonyl (C=O) groups excluding carboxylic acids is 1. The van der Waals surface area contributed by atoms with E-state index in [0.717, 1.165) is 43.8 Å². The highest BCUT2D eigenvalue weighted by Gasteiger charge is 2.23. The first-order valence-corrected chi connectivity index (χ1v) is 9.27. The Bertz CT molecular complexity index is 755. The van der Waals surface area contributed by atoms with E-state index in [1.807, 2.05) is 23.1 Å². The maximum absolute atomic E-state index is 12.5. The quantitative estimate of drug-likeness (QED) is 0.893. The normalized spacial score (nSPS) is 16.5. The molecule has 2 aliphatic heterocycles. The third kappa shape index (κ3) is 3.93. The summed E-state index contributed by atoms with van der Waals surface area (Å²) >= 11 is 0. The van der Waals surface area contributed by atoms with Crippen molar-refractivity contribution in [2.75, 3.05) is 25.2 Å². The van der Waals surface area contributed by atoms with Crippen molar-refractivity contribution < 1.29 is 14.3 Å². The van der Waals surface area contributed by atoms with Crippen LogP contribution in [-0.2, 0) is 6.42 Å². The van der Waals surface area contributed by atoms with Crippen LogP contribution >= 0.6 is 0 Å². The van der Waals surface area contributed by atoms with Gasteiger partial charge in [0.2, 0.25) is 6.79 Å². The predicted molar refractivity (Wildman–Crippen MR) is 101 cm³/mol. The predicted octanol–water partition coefficient (Wildman–Crippen LogP) is 4.29. The number of benzene rings is 2. The van der Waals surface area contributed by atoms with Crippen LogP contribution < -0.4 is 14.8 Å². The third-order valence-electron chi connectivity index (χ3n) is 5.21. The number of carbonyl (C=O) groups is 1. The van der Waals surface area contributed by atoms with Gasteiger partial charge in [-0.25, -0.2) is 4.79 Å². The van der Waals surface area contributed by atoms with Gasteiger partial charge in [-0.1, -0.05) is 30.3 Å². The van der Waals surface area contributed by atoms with Gasteiger partial charge in [0.05, 0.1) is 0 Å². The van der Waals surface area contributed by atoms with Crippen LogP contribution in [0.15, 0.2) is 48.5 Å². The number of likely N-dealkylation sites (tertiary alicyclic amines) is 1.